The second kappa shape index (κ2) is 5.28. The van der Waals surface area contributed by atoms with Crippen LogP contribution in [0.2, 0.25) is 0 Å². The fraction of sp³-hybridized carbons (Fsp3) is 1.00. The van der Waals surface area contributed by atoms with Gasteiger partial charge in [-0.25, -0.2) is 0 Å². The molecule has 15 heavy (non-hydrogen) atoms. The molecular formula is C12H25NO2. The normalized spacial score (nSPS) is 36.2. The Balaban J connectivity index is 2.80. The number of hydrogen-bond acceptors (Lipinski definition) is 3. The van der Waals surface area contributed by atoms with E-state index in [0.29, 0.717) is 5.92 Å². The van der Waals surface area contributed by atoms with E-state index in [0.717, 1.165) is 12.8 Å². The third-order valence-electron chi connectivity index (χ3n) is 4.11. The zero-order chi connectivity index (χ0) is 11.5. The summed E-state index contributed by atoms with van der Waals surface area (Å²) in [6, 6.07) is 0. The molecule has 0 aliphatic heterocycles. The quantitative estimate of drug-likeness (QED) is 0.779. The standard InChI is InChI=1S/C12H25NO2/c1-9(14-3)11-7-5-6-8-12(11,13)10(2)15-4/h9-11H,5-8,13H2,1-4H3. The van der Waals surface area contributed by atoms with Gasteiger partial charge in [0, 0.05) is 25.7 Å². The second-order valence-corrected chi connectivity index (χ2v) is 4.78. The Kier molecular flexibility index (Phi) is 4.56. The summed E-state index contributed by atoms with van der Waals surface area (Å²) in [4.78, 5) is 0. The van der Waals surface area contributed by atoms with Gasteiger partial charge in [-0.3, -0.25) is 0 Å². The summed E-state index contributed by atoms with van der Waals surface area (Å²) >= 11 is 0. The van der Waals surface area contributed by atoms with Crippen LogP contribution in [0.4, 0.5) is 0 Å². The number of methoxy groups -OCH3 is 2. The highest BCUT2D eigenvalue weighted by Crippen LogP contribution is 2.38. The molecule has 1 aliphatic rings. The number of rotatable bonds is 4. The van der Waals surface area contributed by atoms with Crippen LogP contribution in [0.1, 0.15) is 39.5 Å². The summed E-state index contributed by atoms with van der Waals surface area (Å²) in [7, 11) is 3.50. The van der Waals surface area contributed by atoms with Crippen LogP contribution in [-0.4, -0.2) is 32.0 Å². The lowest BCUT2D eigenvalue weighted by Gasteiger charge is -2.46. The smallest absolute Gasteiger partial charge is 0.0726 e. The van der Waals surface area contributed by atoms with E-state index in [1.807, 2.05) is 0 Å². The van der Waals surface area contributed by atoms with E-state index in [1.54, 1.807) is 14.2 Å². The molecule has 4 atom stereocenters. The molecule has 0 spiro atoms. The Hall–Kier alpha value is -0.120. The van der Waals surface area contributed by atoms with Crippen molar-refractivity contribution >= 4 is 0 Å². The molecule has 0 amide bonds. The van der Waals surface area contributed by atoms with Gasteiger partial charge in [-0.15, -0.1) is 0 Å². The molecule has 0 bridgehead atoms. The van der Waals surface area contributed by atoms with Gasteiger partial charge >= 0.3 is 0 Å². The van der Waals surface area contributed by atoms with Gasteiger partial charge in [-0.05, 0) is 26.7 Å². The minimum atomic E-state index is -0.220. The van der Waals surface area contributed by atoms with Crippen LogP contribution in [0.25, 0.3) is 0 Å². The number of ether oxygens (including phenoxy) is 2. The van der Waals surface area contributed by atoms with E-state index < -0.39 is 0 Å². The molecule has 90 valence electrons. The number of hydrogen-bond donors (Lipinski definition) is 1. The molecule has 1 aliphatic carbocycles. The molecule has 3 heteroatoms. The average molecular weight is 215 g/mol. The van der Waals surface area contributed by atoms with Crippen LogP contribution in [0.15, 0.2) is 0 Å². The van der Waals surface area contributed by atoms with Crippen molar-refractivity contribution in [3.63, 3.8) is 0 Å². The van der Waals surface area contributed by atoms with Crippen molar-refractivity contribution in [3.05, 3.63) is 0 Å². The summed E-state index contributed by atoms with van der Waals surface area (Å²) in [6.07, 6.45) is 4.97. The lowest BCUT2D eigenvalue weighted by atomic mass is 9.68. The van der Waals surface area contributed by atoms with E-state index in [9.17, 15) is 0 Å². The van der Waals surface area contributed by atoms with Crippen molar-refractivity contribution in [1.29, 1.82) is 0 Å². The molecule has 1 fully saturated rings. The molecule has 0 aromatic heterocycles. The first-order valence-corrected chi connectivity index (χ1v) is 5.90. The molecule has 1 rings (SSSR count). The van der Waals surface area contributed by atoms with Crippen LogP contribution in [0, 0.1) is 5.92 Å². The maximum absolute atomic E-state index is 6.53. The lowest BCUT2D eigenvalue weighted by Crippen LogP contribution is -2.60. The molecule has 4 unspecified atom stereocenters. The maximum atomic E-state index is 6.53. The van der Waals surface area contributed by atoms with E-state index in [1.165, 1.54) is 12.8 Å². The Morgan fingerprint density at radius 1 is 1.20 bits per heavy atom. The Bertz CT molecular complexity index is 198. The molecule has 0 heterocycles. The van der Waals surface area contributed by atoms with Crippen LogP contribution >= 0.6 is 0 Å². The summed E-state index contributed by atoms with van der Waals surface area (Å²) in [5.41, 5.74) is 6.31. The monoisotopic (exact) mass is 215 g/mol. The molecule has 2 N–H and O–H groups in total. The van der Waals surface area contributed by atoms with E-state index in [-0.39, 0.29) is 17.7 Å². The fourth-order valence-corrected chi connectivity index (χ4v) is 2.81. The Morgan fingerprint density at radius 3 is 2.40 bits per heavy atom. The van der Waals surface area contributed by atoms with E-state index in [2.05, 4.69) is 13.8 Å². The van der Waals surface area contributed by atoms with Crippen LogP contribution in [0.3, 0.4) is 0 Å². The first kappa shape index (κ1) is 12.9. The van der Waals surface area contributed by atoms with Gasteiger partial charge in [0.2, 0.25) is 0 Å². The molecule has 0 radical (unpaired) electrons. The minimum Gasteiger partial charge on any atom is -0.381 e. The number of nitrogens with two attached hydrogens (primary N) is 1. The van der Waals surface area contributed by atoms with E-state index in [4.69, 9.17) is 15.2 Å². The van der Waals surface area contributed by atoms with Crippen LogP contribution in [-0.2, 0) is 9.47 Å². The van der Waals surface area contributed by atoms with Gasteiger partial charge in [0.1, 0.15) is 0 Å². The topological polar surface area (TPSA) is 44.5 Å². The summed E-state index contributed by atoms with van der Waals surface area (Å²) < 4.78 is 10.9. The molecule has 0 saturated heterocycles. The Labute approximate surface area is 93.3 Å². The predicted octanol–water partition coefficient (Wildman–Crippen LogP) is 1.94. The highest BCUT2D eigenvalue weighted by atomic mass is 16.5. The van der Waals surface area contributed by atoms with Crippen LogP contribution in [0.5, 0.6) is 0 Å². The van der Waals surface area contributed by atoms with Crippen molar-refractivity contribution in [2.45, 2.75) is 57.3 Å². The first-order valence-electron chi connectivity index (χ1n) is 5.90. The van der Waals surface area contributed by atoms with Gasteiger partial charge in [0.25, 0.3) is 0 Å². The molecule has 0 aromatic carbocycles. The van der Waals surface area contributed by atoms with Crippen LogP contribution < -0.4 is 5.73 Å². The predicted molar refractivity (Wildman–Crippen MR) is 61.8 cm³/mol. The van der Waals surface area contributed by atoms with Gasteiger partial charge in [0.05, 0.1) is 12.2 Å². The van der Waals surface area contributed by atoms with Crippen molar-refractivity contribution in [2.75, 3.05) is 14.2 Å². The molecule has 3 nitrogen and oxygen atoms in total. The van der Waals surface area contributed by atoms with Crippen molar-refractivity contribution in [3.8, 4) is 0 Å². The SMILES string of the molecule is COC(C)C1CCCCC1(N)C(C)OC. The largest absolute Gasteiger partial charge is 0.381 e. The summed E-state index contributed by atoms with van der Waals surface area (Å²) in [5.74, 6) is 0.409. The second-order valence-electron chi connectivity index (χ2n) is 4.78. The average Bonchev–Trinajstić information content (AvgIpc) is 2.27. The molecule has 1 saturated carbocycles. The minimum absolute atomic E-state index is 0.0976. The highest BCUT2D eigenvalue weighted by Gasteiger charge is 2.44. The first-order chi connectivity index (χ1) is 7.06. The zero-order valence-corrected chi connectivity index (χ0v) is 10.5. The van der Waals surface area contributed by atoms with Gasteiger partial charge in [0.15, 0.2) is 0 Å². The highest BCUT2D eigenvalue weighted by molar-refractivity contribution is 5.00. The van der Waals surface area contributed by atoms with Crippen molar-refractivity contribution < 1.29 is 9.47 Å². The lowest BCUT2D eigenvalue weighted by molar-refractivity contribution is -0.0528. The maximum Gasteiger partial charge on any atom is 0.0726 e. The summed E-state index contributed by atoms with van der Waals surface area (Å²) in [6.45, 7) is 4.18. The summed E-state index contributed by atoms with van der Waals surface area (Å²) in [5, 5.41) is 0. The van der Waals surface area contributed by atoms with Crippen molar-refractivity contribution in [1.82, 2.24) is 0 Å². The molecular weight excluding hydrogens is 190 g/mol. The molecule has 0 aromatic rings. The van der Waals surface area contributed by atoms with Gasteiger partial charge in [-0.2, -0.15) is 0 Å². The van der Waals surface area contributed by atoms with Gasteiger partial charge in [-0.1, -0.05) is 12.8 Å². The van der Waals surface area contributed by atoms with Gasteiger partial charge < -0.3 is 15.2 Å². The zero-order valence-electron chi connectivity index (χ0n) is 10.5. The fourth-order valence-electron chi connectivity index (χ4n) is 2.81. The third-order valence-corrected chi connectivity index (χ3v) is 4.11. The Morgan fingerprint density at radius 2 is 1.87 bits per heavy atom. The third kappa shape index (κ3) is 2.52. The van der Waals surface area contributed by atoms with Crippen molar-refractivity contribution in [2.24, 2.45) is 11.7 Å². The van der Waals surface area contributed by atoms with E-state index >= 15 is 0 Å².